The van der Waals surface area contributed by atoms with Crippen LogP contribution in [-0.2, 0) is 0 Å². The highest BCUT2D eigenvalue weighted by atomic mass is 32.2. The lowest BCUT2D eigenvalue weighted by atomic mass is 10.2. The molecule has 84 valence electrons. The number of hydrogen-bond donors (Lipinski definition) is 0. The SMILES string of the molecule is CSCCOc1ccc(C#N)cc1[N+](=O)[O-]. The molecule has 0 N–H and O–H groups in total. The van der Waals surface area contributed by atoms with E-state index in [1.807, 2.05) is 12.3 Å². The summed E-state index contributed by atoms with van der Waals surface area (Å²) in [5.41, 5.74) is 0.0871. The molecule has 0 unspecified atom stereocenters. The van der Waals surface area contributed by atoms with Crippen LogP contribution in [0.3, 0.4) is 0 Å². The molecule has 0 saturated heterocycles. The van der Waals surface area contributed by atoms with E-state index >= 15 is 0 Å². The third-order valence-corrected chi connectivity index (χ3v) is 2.40. The van der Waals surface area contributed by atoms with Crippen LogP contribution < -0.4 is 4.74 Å². The number of hydrogen-bond acceptors (Lipinski definition) is 5. The summed E-state index contributed by atoms with van der Waals surface area (Å²) >= 11 is 1.60. The quantitative estimate of drug-likeness (QED) is 0.446. The number of nitro benzene ring substituents is 1. The molecule has 5 nitrogen and oxygen atoms in total. The van der Waals surface area contributed by atoms with Gasteiger partial charge in [0.2, 0.25) is 0 Å². The van der Waals surface area contributed by atoms with Crippen LogP contribution in [0.4, 0.5) is 5.69 Å². The van der Waals surface area contributed by atoms with E-state index in [0.29, 0.717) is 6.61 Å². The molecule has 0 bridgehead atoms. The van der Waals surface area contributed by atoms with E-state index in [-0.39, 0.29) is 17.0 Å². The van der Waals surface area contributed by atoms with Gasteiger partial charge in [-0.1, -0.05) is 0 Å². The molecule has 1 rings (SSSR count). The Morgan fingerprint density at radius 2 is 2.38 bits per heavy atom. The van der Waals surface area contributed by atoms with Crippen molar-refractivity contribution in [3.05, 3.63) is 33.9 Å². The van der Waals surface area contributed by atoms with Gasteiger partial charge in [-0.05, 0) is 18.4 Å². The average molecular weight is 238 g/mol. The van der Waals surface area contributed by atoms with E-state index < -0.39 is 4.92 Å². The number of thioether (sulfide) groups is 1. The average Bonchev–Trinajstić information content (AvgIpc) is 2.29. The monoisotopic (exact) mass is 238 g/mol. The number of nitrogens with zero attached hydrogens (tertiary/aromatic N) is 2. The molecule has 0 spiro atoms. The van der Waals surface area contributed by atoms with Crippen molar-refractivity contribution in [3.63, 3.8) is 0 Å². The molecule has 0 heterocycles. The standard InChI is InChI=1S/C10H10N2O3S/c1-16-5-4-15-10-3-2-8(7-11)6-9(10)12(13)14/h2-3,6H,4-5H2,1H3. The molecule has 0 fully saturated rings. The molecule has 1 aromatic carbocycles. The fourth-order valence-electron chi connectivity index (χ4n) is 1.09. The van der Waals surface area contributed by atoms with Crippen LogP contribution in [0.5, 0.6) is 5.75 Å². The van der Waals surface area contributed by atoms with Gasteiger partial charge in [-0.3, -0.25) is 10.1 Å². The van der Waals surface area contributed by atoms with Crippen LogP contribution in [0.1, 0.15) is 5.56 Å². The summed E-state index contributed by atoms with van der Waals surface area (Å²) < 4.78 is 5.27. The number of nitriles is 1. The summed E-state index contributed by atoms with van der Waals surface area (Å²) in [5, 5.41) is 19.4. The first-order valence-electron chi connectivity index (χ1n) is 4.49. The fourth-order valence-corrected chi connectivity index (χ4v) is 1.34. The molecule has 0 saturated carbocycles. The molecule has 0 amide bonds. The van der Waals surface area contributed by atoms with Gasteiger partial charge in [0.1, 0.15) is 0 Å². The fraction of sp³-hybridized carbons (Fsp3) is 0.300. The third kappa shape index (κ3) is 3.14. The maximum atomic E-state index is 10.7. The Kier molecular flexibility index (Phi) is 4.61. The molecule has 16 heavy (non-hydrogen) atoms. The van der Waals surface area contributed by atoms with E-state index in [1.54, 1.807) is 11.8 Å². The zero-order valence-corrected chi connectivity index (χ0v) is 9.49. The zero-order chi connectivity index (χ0) is 12.0. The van der Waals surface area contributed by atoms with Gasteiger partial charge in [0.15, 0.2) is 5.75 Å². The molecule has 0 atom stereocenters. The van der Waals surface area contributed by atoms with Crippen molar-refractivity contribution >= 4 is 17.4 Å². The molecule has 0 aromatic heterocycles. The topological polar surface area (TPSA) is 76.2 Å². The molecule has 1 aromatic rings. The van der Waals surface area contributed by atoms with Gasteiger partial charge < -0.3 is 4.74 Å². The van der Waals surface area contributed by atoms with Gasteiger partial charge in [0.25, 0.3) is 0 Å². The highest BCUT2D eigenvalue weighted by Gasteiger charge is 2.15. The Bertz CT molecular complexity index is 429. The second-order valence-electron chi connectivity index (χ2n) is 2.89. The first-order valence-corrected chi connectivity index (χ1v) is 5.88. The second kappa shape index (κ2) is 5.98. The Morgan fingerprint density at radius 3 is 2.94 bits per heavy atom. The van der Waals surface area contributed by atoms with Crippen molar-refractivity contribution in [1.29, 1.82) is 5.26 Å². The summed E-state index contributed by atoms with van der Waals surface area (Å²) in [6, 6.07) is 6.03. The van der Waals surface area contributed by atoms with Crippen LogP contribution in [-0.4, -0.2) is 23.5 Å². The normalized spacial score (nSPS) is 9.50. The van der Waals surface area contributed by atoms with Crippen molar-refractivity contribution in [3.8, 4) is 11.8 Å². The lowest BCUT2D eigenvalue weighted by Gasteiger charge is -2.05. The Labute approximate surface area is 97.2 Å². The van der Waals surface area contributed by atoms with Crippen molar-refractivity contribution in [2.75, 3.05) is 18.6 Å². The summed E-state index contributed by atoms with van der Waals surface area (Å²) in [6.07, 6.45) is 1.93. The molecular formula is C10H10N2O3S. The number of rotatable bonds is 5. The van der Waals surface area contributed by atoms with Crippen molar-refractivity contribution in [2.45, 2.75) is 0 Å². The first-order chi connectivity index (χ1) is 7.69. The van der Waals surface area contributed by atoms with Crippen LogP contribution in [0, 0.1) is 21.4 Å². The third-order valence-electron chi connectivity index (χ3n) is 1.83. The minimum absolute atomic E-state index is 0.167. The second-order valence-corrected chi connectivity index (χ2v) is 3.88. The molecule has 0 radical (unpaired) electrons. The molecular weight excluding hydrogens is 228 g/mol. The van der Waals surface area contributed by atoms with Gasteiger partial charge in [-0.15, -0.1) is 0 Å². The summed E-state index contributed by atoms with van der Waals surface area (Å²) in [4.78, 5) is 10.2. The van der Waals surface area contributed by atoms with Crippen LogP contribution in [0.15, 0.2) is 18.2 Å². The van der Waals surface area contributed by atoms with Crippen LogP contribution >= 0.6 is 11.8 Å². The van der Waals surface area contributed by atoms with Crippen molar-refractivity contribution < 1.29 is 9.66 Å². The molecule has 6 heteroatoms. The maximum absolute atomic E-state index is 10.7. The molecule has 0 aliphatic carbocycles. The van der Waals surface area contributed by atoms with E-state index in [4.69, 9.17) is 10.00 Å². The van der Waals surface area contributed by atoms with Gasteiger partial charge in [-0.2, -0.15) is 17.0 Å². The zero-order valence-electron chi connectivity index (χ0n) is 8.67. The summed E-state index contributed by atoms with van der Waals surface area (Å²) in [5.74, 6) is 0.968. The largest absolute Gasteiger partial charge is 0.486 e. The van der Waals surface area contributed by atoms with Gasteiger partial charge in [0, 0.05) is 11.8 Å². The lowest BCUT2D eigenvalue weighted by molar-refractivity contribution is -0.385. The first kappa shape index (κ1) is 12.3. The Hall–Kier alpha value is -1.74. The van der Waals surface area contributed by atoms with Gasteiger partial charge in [0.05, 0.1) is 23.2 Å². The van der Waals surface area contributed by atoms with E-state index in [1.165, 1.54) is 18.2 Å². The highest BCUT2D eigenvalue weighted by Crippen LogP contribution is 2.27. The summed E-state index contributed by atoms with van der Waals surface area (Å²) in [6.45, 7) is 0.411. The van der Waals surface area contributed by atoms with Crippen molar-refractivity contribution in [2.24, 2.45) is 0 Å². The van der Waals surface area contributed by atoms with E-state index in [2.05, 4.69) is 0 Å². The number of ether oxygens (including phenoxy) is 1. The smallest absolute Gasteiger partial charge is 0.312 e. The highest BCUT2D eigenvalue weighted by molar-refractivity contribution is 7.98. The van der Waals surface area contributed by atoms with E-state index in [0.717, 1.165) is 5.75 Å². The van der Waals surface area contributed by atoms with Gasteiger partial charge in [-0.25, -0.2) is 0 Å². The van der Waals surface area contributed by atoms with Gasteiger partial charge >= 0.3 is 5.69 Å². The van der Waals surface area contributed by atoms with Crippen molar-refractivity contribution in [1.82, 2.24) is 0 Å². The number of benzene rings is 1. The van der Waals surface area contributed by atoms with E-state index in [9.17, 15) is 10.1 Å². The lowest BCUT2D eigenvalue weighted by Crippen LogP contribution is -2.02. The Balaban J connectivity index is 2.91. The maximum Gasteiger partial charge on any atom is 0.312 e. The number of nitro groups is 1. The predicted octanol–water partition coefficient (Wildman–Crippen LogP) is 2.21. The minimum Gasteiger partial charge on any atom is -0.486 e. The molecule has 0 aliphatic rings. The Morgan fingerprint density at radius 1 is 1.62 bits per heavy atom. The predicted molar refractivity (Wildman–Crippen MR) is 61.7 cm³/mol. The van der Waals surface area contributed by atoms with Crippen LogP contribution in [0.25, 0.3) is 0 Å². The van der Waals surface area contributed by atoms with Crippen LogP contribution in [0.2, 0.25) is 0 Å². The minimum atomic E-state index is -0.546. The molecule has 0 aliphatic heterocycles. The summed E-state index contributed by atoms with van der Waals surface area (Å²) in [7, 11) is 0.